The summed E-state index contributed by atoms with van der Waals surface area (Å²) >= 11 is 1.35. The maximum Gasteiger partial charge on any atom is 0.233 e. The Balaban J connectivity index is 1.64. The van der Waals surface area contributed by atoms with E-state index in [1.165, 1.54) is 11.8 Å². The Kier molecular flexibility index (Phi) is 6.22. The second kappa shape index (κ2) is 8.62. The van der Waals surface area contributed by atoms with Crippen molar-refractivity contribution in [3.8, 4) is 0 Å². The number of hydrogen-bond donors (Lipinski definition) is 1. The van der Waals surface area contributed by atoms with Crippen molar-refractivity contribution in [1.82, 2.24) is 24.8 Å². The normalized spacial score (nSPS) is 21.2. The first-order chi connectivity index (χ1) is 13.0. The monoisotopic (exact) mass is 388 g/mol. The lowest BCUT2D eigenvalue weighted by molar-refractivity contribution is -0.133. The van der Waals surface area contributed by atoms with Crippen LogP contribution in [0.25, 0.3) is 0 Å². The summed E-state index contributed by atoms with van der Waals surface area (Å²) in [6.45, 7) is 7.09. The number of aliphatic hydroxyl groups is 1. The molecule has 3 rings (SSSR count). The van der Waals surface area contributed by atoms with Gasteiger partial charge in [0.2, 0.25) is 5.91 Å². The van der Waals surface area contributed by atoms with E-state index in [0.717, 1.165) is 5.82 Å². The predicted molar refractivity (Wildman–Crippen MR) is 103 cm³/mol. The molecule has 27 heavy (non-hydrogen) atoms. The van der Waals surface area contributed by atoms with Gasteiger partial charge in [-0.2, -0.15) is 0 Å². The van der Waals surface area contributed by atoms with E-state index < -0.39 is 6.10 Å². The van der Waals surface area contributed by atoms with Gasteiger partial charge >= 0.3 is 0 Å². The second-order valence-corrected chi connectivity index (χ2v) is 7.62. The fraction of sp³-hybridized carbons (Fsp3) is 0.500. The number of thioether (sulfide) groups is 1. The highest BCUT2D eigenvalue weighted by Gasteiger charge is 2.33. The molecule has 0 radical (unpaired) electrons. The van der Waals surface area contributed by atoms with Gasteiger partial charge in [-0.15, -0.1) is 0 Å². The summed E-state index contributed by atoms with van der Waals surface area (Å²) in [5.41, 5.74) is 0. The van der Waals surface area contributed by atoms with Gasteiger partial charge in [-0.25, -0.2) is 19.9 Å². The largest absolute Gasteiger partial charge is 0.385 e. The molecule has 1 amide bonds. The zero-order valence-corrected chi connectivity index (χ0v) is 16.5. The van der Waals surface area contributed by atoms with Crippen molar-refractivity contribution in [2.24, 2.45) is 0 Å². The highest BCUT2D eigenvalue weighted by atomic mass is 32.2. The topological polar surface area (TPSA) is 95.3 Å². The first kappa shape index (κ1) is 19.5. The summed E-state index contributed by atoms with van der Waals surface area (Å²) in [5.74, 6) is 1.59. The van der Waals surface area contributed by atoms with Crippen LogP contribution in [0.15, 0.2) is 35.9 Å². The van der Waals surface area contributed by atoms with Crippen molar-refractivity contribution >= 4 is 23.5 Å². The van der Waals surface area contributed by atoms with Crippen LogP contribution in [0.5, 0.6) is 0 Å². The molecule has 9 heteroatoms. The van der Waals surface area contributed by atoms with Crippen molar-refractivity contribution in [2.45, 2.75) is 44.1 Å². The van der Waals surface area contributed by atoms with E-state index in [1.54, 1.807) is 31.6 Å². The van der Waals surface area contributed by atoms with Crippen LogP contribution in [-0.4, -0.2) is 66.8 Å². The molecule has 1 saturated heterocycles. The van der Waals surface area contributed by atoms with Crippen molar-refractivity contribution in [1.29, 1.82) is 0 Å². The SMILES string of the molecule is CC(O)c1nccc(N2CC(C)N(C(=O)CSc3ncccn3)C(C)C2)n1. The van der Waals surface area contributed by atoms with Gasteiger partial charge in [0, 0.05) is 43.8 Å². The molecule has 0 saturated carbocycles. The molecule has 3 unspecified atom stereocenters. The van der Waals surface area contributed by atoms with E-state index in [9.17, 15) is 9.90 Å². The fourth-order valence-electron chi connectivity index (χ4n) is 3.30. The average Bonchev–Trinajstić information content (AvgIpc) is 2.66. The van der Waals surface area contributed by atoms with Crippen LogP contribution >= 0.6 is 11.8 Å². The number of anilines is 1. The van der Waals surface area contributed by atoms with E-state index >= 15 is 0 Å². The fourth-order valence-corrected chi connectivity index (χ4v) is 3.98. The van der Waals surface area contributed by atoms with E-state index in [2.05, 4.69) is 24.8 Å². The molecule has 2 aromatic rings. The lowest BCUT2D eigenvalue weighted by atomic mass is 10.1. The number of aliphatic hydroxyl groups excluding tert-OH is 1. The van der Waals surface area contributed by atoms with Gasteiger partial charge in [-0.3, -0.25) is 4.79 Å². The average molecular weight is 388 g/mol. The molecule has 0 spiro atoms. The molecular formula is C18H24N6O2S. The Morgan fingerprint density at radius 3 is 2.52 bits per heavy atom. The molecule has 2 aromatic heterocycles. The van der Waals surface area contributed by atoms with E-state index in [-0.39, 0.29) is 18.0 Å². The van der Waals surface area contributed by atoms with Crippen LogP contribution < -0.4 is 4.90 Å². The summed E-state index contributed by atoms with van der Waals surface area (Å²) in [6.07, 6.45) is 4.30. The van der Waals surface area contributed by atoms with Gasteiger partial charge in [0.05, 0.1) is 5.75 Å². The standard InChI is InChI=1S/C18H24N6O2S/c1-12-9-23(15-5-8-19-17(22-15)14(3)25)10-13(2)24(12)16(26)11-27-18-20-6-4-7-21-18/h4-8,12-14,25H,9-11H2,1-3H3. The summed E-state index contributed by atoms with van der Waals surface area (Å²) in [6, 6.07) is 3.68. The number of aromatic nitrogens is 4. The van der Waals surface area contributed by atoms with Gasteiger partial charge < -0.3 is 14.9 Å². The van der Waals surface area contributed by atoms with Crippen LogP contribution in [0.4, 0.5) is 5.82 Å². The molecule has 3 atom stereocenters. The minimum atomic E-state index is -0.708. The van der Waals surface area contributed by atoms with Gasteiger partial charge in [0.1, 0.15) is 11.9 Å². The minimum absolute atomic E-state index is 0.0449. The number of hydrogen-bond acceptors (Lipinski definition) is 8. The number of carbonyl (C=O) groups is 1. The molecule has 3 heterocycles. The molecule has 1 N–H and O–H groups in total. The molecule has 1 aliphatic heterocycles. The third-order valence-electron chi connectivity index (χ3n) is 4.43. The highest BCUT2D eigenvalue weighted by molar-refractivity contribution is 7.99. The quantitative estimate of drug-likeness (QED) is 0.609. The first-order valence-corrected chi connectivity index (χ1v) is 9.91. The summed E-state index contributed by atoms with van der Waals surface area (Å²) in [5, 5.41) is 10.3. The third-order valence-corrected chi connectivity index (χ3v) is 5.29. The molecule has 1 fully saturated rings. The maximum absolute atomic E-state index is 12.8. The third kappa shape index (κ3) is 4.72. The van der Waals surface area contributed by atoms with Gasteiger partial charge in [0.25, 0.3) is 0 Å². The predicted octanol–water partition coefficient (Wildman–Crippen LogP) is 1.54. The Hall–Kier alpha value is -2.26. The molecule has 0 bridgehead atoms. The molecule has 144 valence electrons. The molecule has 0 aromatic carbocycles. The Labute approximate surface area is 163 Å². The molecular weight excluding hydrogens is 364 g/mol. The zero-order chi connectivity index (χ0) is 19.4. The lowest BCUT2D eigenvalue weighted by Gasteiger charge is -2.45. The van der Waals surface area contributed by atoms with E-state index in [1.807, 2.05) is 24.8 Å². The minimum Gasteiger partial charge on any atom is -0.385 e. The lowest BCUT2D eigenvalue weighted by Crippen LogP contribution is -2.59. The Morgan fingerprint density at radius 1 is 1.22 bits per heavy atom. The van der Waals surface area contributed by atoms with Gasteiger partial charge in [-0.1, -0.05) is 11.8 Å². The smallest absolute Gasteiger partial charge is 0.233 e. The zero-order valence-electron chi connectivity index (χ0n) is 15.7. The van der Waals surface area contributed by atoms with Gasteiger partial charge in [0.15, 0.2) is 11.0 Å². The molecule has 8 nitrogen and oxygen atoms in total. The van der Waals surface area contributed by atoms with Crippen LogP contribution in [0.1, 0.15) is 32.7 Å². The molecule has 1 aliphatic rings. The number of piperazine rings is 1. The summed E-state index contributed by atoms with van der Waals surface area (Å²) in [7, 11) is 0. The number of rotatable bonds is 5. The van der Waals surface area contributed by atoms with Crippen LogP contribution in [0, 0.1) is 0 Å². The van der Waals surface area contributed by atoms with Crippen LogP contribution in [-0.2, 0) is 4.79 Å². The van der Waals surface area contributed by atoms with E-state index in [0.29, 0.717) is 29.8 Å². The number of carbonyl (C=O) groups excluding carboxylic acids is 1. The molecule has 0 aliphatic carbocycles. The maximum atomic E-state index is 12.8. The van der Waals surface area contributed by atoms with E-state index in [4.69, 9.17) is 0 Å². The Bertz CT molecular complexity index is 763. The van der Waals surface area contributed by atoms with Crippen LogP contribution in [0.2, 0.25) is 0 Å². The van der Waals surface area contributed by atoms with Crippen molar-refractivity contribution in [3.05, 3.63) is 36.5 Å². The second-order valence-electron chi connectivity index (χ2n) is 6.67. The van der Waals surface area contributed by atoms with Crippen molar-refractivity contribution in [2.75, 3.05) is 23.7 Å². The summed E-state index contributed by atoms with van der Waals surface area (Å²) < 4.78 is 0. The number of amides is 1. The van der Waals surface area contributed by atoms with Crippen molar-refractivity contribution in [3.63, 3.8) is 0 Å². The Morgan fingerprint density at radius 2 is 1.89 bits per heavy atom. The summed E-state index contributed by atoms with van der Waals surface area (Å²) in [4.78, 5) is 33.7. The van der Waals surface area contributed by atoms with Crippen LogP contribution in [0.3, 0.4) is 0 Å². The van der Waals surface area contributed by atoms with Gasteiger partial charge in [-0.05, 0) is 32.9 Å². The highest BCUT2D eigenvalue weighted by Crippen LogP contribution is 2.23. The first-order valence-electron chi connectivity index (χ1n) is 8.92. The van der Waals surface area contributed by atoms with Crippen molar-refractivity contribution < 1.29 is 9.90 Å². The number of nitrogens with zero attached hydrogens (tertiary/aromatic N) is 6.